The van der Waals surface area contributed by atoms with Crippen molar-refractivity contribution in [2.75, 3.05) is 13.1 Å². The van der Waals surface area contributed by atoms with Crippen molar-refractivity contribution in [3.8, 4) is 5.75 Å². The Hall–Kier alpha value is -2.21. The van der Waals surface area contributed by atoms with Crippen LogP contribution in [-0.2, 0) is 16.4 Å². The Morgan fingerprint density at radius 1 is 1.03 bits per heavy atom. The third-order valence-electron chi connectivity index (χ3n) is 6.16. The Balaban J connectivity index is 1.44. The molecule has 7 heteroatoms. The lowest BCUT2D eigenvalue weighted by atomic mass is 9.63. The van der Waals surface area contributed by atoms with Gasteiger partial charge in [0.1, 0.15) is 11.9 Å². The van der Waals surface area contributed by atoms with E-state index in [0.29, 0.717) is 23.9 Å². The number of carbonyl (C=O) groups excluding carboxylic acids is 1. The van der Waals surface area contributed by atoms with Crippen molar-refractivity contribution in [1.29, 1.82) is 0 Å². The highest BCUT2D eigenvalue weighted by Crippen LogP contribution is 2.46. The molecule has 1 aliphatic heterocycles. The summed E-state index contributed by atoms with van der Waals surface area (Å²) in [5, 5.41) is 0.642. The molecule has 1 heterocycles. The Bertz CT molecular complexity index is 892. The number of hydrogen-bond donors (Lipinski definition) is 0. The summed E-state index contributed by atoms with van der Waals surface area (Å²) in [5.41, 5.74) is -0.208. The van der Waals surface area contributed by atoms with Crippen LogP contribution in [0.2, 0.25) is 5.02 Å². The first-order chi connectivity index (χ1) is 14.3. The molecule has 30 heavy (non-hydrogen) atoms. The molecule has 2 aliphatic rings. The largest absolute Gasteiger partial charge is 0.489 e. The van der Waals surface area contributed by atoms with Crippen LogP contribution in [0.4, 0.5) is 13.2 Å². The summed E-state index contributed by atoms with van der Waals surface area (Å²) in [6.07, 6.45) is -0.407. The van der Waals surface area contributed by atoms with Gasteiger partial charge >= 0.3 is 6.18 Å². The summed E-state index contributed by atoms with van der Waals surface area (Å²) in [4.78, 5) is 15.3. The molecule has 1 amide bonds. The number of halogens is 4. The quantitative estimate of drug-likeness (QED) is 0.600. The molecule has 0 spiro atoms. The molecule has 4 rings (SSSR count). The third-order valence-corrected chi connectivity index (χ3v) is 6.42. The van der Waals surface area contributed by atoms with Gasteiger partial charge in [-0.2, -0.15) is 13.2 Å². The van der Waals surface area contributed by atoms with Crippen LogP contribution in [0, 0.1) is 0 Å². The van der Waals surface area contributed by atoms with E-state index < -0.39 is 17.2 Å². The Morgan fingerprint density at radius 2 is 1.70 bits per heavy atom. The van der Waals surface area contributed by atoms with E-state index >= 15 is 0 Å². The molecule has 2 fully saturated rings. The fourth-order valence-electron chi connectivity index (χ4n) is 4.36. The zero-order chi connectivity index (χ0) is 21.4. The average molecular weight is 438 g/mol. The molecule has 0 bridgehead atoms. The van der Waals surface area contributed by atoms with Gasteiger partial charge in [0, 0.05) is 11.6 Å². The standard InChI is InChI=1S/C23H23ClF3NO2/c24-18-8-4-16(5-9-18)22(12-2-13-22)21(29)28-14-1-3-20(15-28)30-19-10-6-17(7-11-19)23(25,26)27/h4-11,20H,1-3,12-15H2. The van der Waals surface area contributed by atoms with Crippen LogP contribution in [0.15, 0.2) is 48.5 Å². The topological polar surface area (TPSA) is 29.5 Å². The van der Waals surface area contributed by atoms with Gasteiger partial charge in [-0.3, -0.25) is 4.79 Å². The lowest BCUT2D eigenvalue weighted by Gasteiger charge is -2.45. The van der Waals surface area contributed by atoms with E-state index in [1.165, 1.54) is 12.1 Å². The second kappa shape index (κ2) is 8.14. The van der Waals surface area contributed by atoms with Crippen molar-refractivity contribution in [2.45, 2.75) is 49.8 Å². The van der Waals surface area contributed by atoms with E-state index in [-0.39, 0.29) is 12.0 Å². The van der Waals surface area contributed by atoms with Crippen LogP contribution < -0.4 is 4.74 Å². The van der Waals surface area contributed by atoms with Crippen molar-refractivity contribution in [1.82, 2.24) is 4.90 Å². The Labute approximate surface area is 178 Å². The second-order valence-electron chi connectivity index (χ2n) is 8.10. The van der Waals surface area contributed by atoms with Crippen LogP contribution >= 0.6 is 11.6 Å². The van der Waals surface area contributed by atoms with E-state index in [2.05, 4.69) is 0 Å². The van der Waals surface area contributed by atoms with Gasteiger partial charge in [-0.15, -0.1) is 0 Å². The predicted molar refractivity (Wildman–Crippen MR) is 109 cm³/mol. The maximum atomic E-state index is 13.5. The van der Waals surface area contributed by atoms with Crippen molar-refractivity contribution >= 4 is 17.5 Å². The number of carbonyl (C=O) groups is 1. The van der Waals surface area contributed by atoms with Gasteiger partial charge in [0.15, 0.2) is 0 Å². The molecule has 160 valence electrons. The summed E-state index contributed by atoms with van der Waals surface area (Å²) in [5.74, 6) is 0.496. The minimum atomic E-state index is -4.37. The highest BCUT2D eigenvalue weighted by Gasteiger charge is 2.48. The number of rotatable bonds is 4. The smallest absolute Gasteiger partial charge is 0.416 e. The molecular formula is C23H23ClF3NO2. The van der Waals surface area contributed by atoms with Crippen LogP contribution in [0.25, 0.3) is 0 Å². The molecule has 1 atom stereocenters. The predicted octanol–water partition coefficient (Wildman–Crippen LogP) is 5.85. The number of hydrogen-bond acceptors (Lipinski definition) is 2. The first-order valence-corrected chi connectivity index (χ1v) is 10.6. The highest BCUT2D eigenvalue weighted by molar-refractivity contribution is 6.30. The minimum absolute atomic E-state index is 0.108. The first-order valence-electron chi connectivity index (χ1n) is 10.2. The molecule has 0 radical (unpaired) electrons. The zero-order valence-electron chi connectivity index (χ0n) is 16.4. The molecule has 2 aromatic rings. The number of nitrogens with zero attached hydrogens (tertiary/aromatic N) is 1. The second-order valence-corrected chi connectivity index (χ2v) is 8.53. The van der Waals surface area contributed by atoms with Crippen LogP contribution in [0.1, 0.15) is 43.2 Å². The number of benzene rings is 2. The van der Waals surface area contributed by atoms with Gasteiger partial charge < -0.3 is 9.64 Å². The van der Waals surface area contributed by atoms with E-state index in [1.54, 1.807) is 0 Å². The molecule has 1 saturated carbocycles. The van der Waals surface area contributed by atoms with E-state index in [4.69, 9.17) is 16.3 Å². The van der Waals surface area contributed by atoms with Crippen molar-refractivity contribution < 1.29 is 22.7 Å². The van der Waals surface area contributed by atoms with Crippen LogP contribution in [0.5, 0.6) is 5.75 Å². The molecule has 3 nitrogen and oxygen atoms in total. The van der Waals surface area contributed by atoms with Crippen LogP contribution in [-0.4, -0.2) is 30.0 Å². The Morgan fingerprint density at radius 3 is 2.27 bits per heavy atom. The molecular weight excluding hydrogens is 415 g/mol. The summed E-state index contributed by atoms with van der Waals surface area (Å²) in [6.45, 7) is 1.11. The lowest BCUT2D eigenvalue weighted by molar-refractivity contribution is -0.143. The van der Waals surface area contributed by atoms with Gasteiger partial charge in [-0.25, -0.2) is 0 Å². The summed E-state index contributed by atoms with van der Waals surface area (Å²) < 4.78 is 44.1. The lowest BCUT2D eigenvalue weighted by Crippen LogP contribution is -2.55. The number of alkyl halides is 3. The van der Waals surface area contributed by atoms with Crippen molar-refractivity contribution in [3.63, 3.8) is 0 Å². The highest BCUT2D eigenvalue weighted by atomic mass is 35.5. The number of piperidine rings is 1. The minimum Gasteiger partial charge on any atom is -0.489 e. The fourth-order valence-corrected chi connectivity index (χ4v) is 4.49. The van der Waals surface area contributed by atoms with Crippen molar-refractivity contribution in [2.24, 2.45) is 0 Å². The van der Waals surface area contributed by atoms with E-state index in [9.17, 15) is 18.0 Å². The third kappa shape index (κ3) is 4.15. The first kappa shape index (κ1) is 21.0. The van der Waals surface area contributed by atoms with Gasteiger partial charge in [0.2, 0.25) is 5.91 Å². The summed E-state index contributed by atoms with van der Waals surface area (Å²) in [7, 11) is 0. The zero-order valence-corrected chi connectivity index (χ0v) is 17.2. The molecule has 2 aromatic carbocycles. The SMILES string of the molecule is O=C(N1CCCC(Oc2ccc(C(F)(F)F)cc2)C1)C1(c2ccc(Cl)cc2)CCC1. The molecule has 0 N–H and O–H groups in total. The fraction of sp³-hybridized carbons (Fsp3) is 0.435. The number of amides is 1. The monoisotopic (exact) mass is 437 g/mol. The molecule has 1 aliphatic carbocycles. The summed E-state index contributed by atoms with van der Waals surface area (Å²) in [6, 6.07) is 12.2. The molecule has 1 unspecified atom stereocenters. The van der Waals surface area contributed by atoms with Gasteiger partial charge in [0.05, 0.1) is 17.5 Å². The van der Waals surface area contributed by atoms with Gasteiger partial charge in [-0.05, 0) is 67.6 Å². The number of likely N-dealkylation sites (tertiary alicyclic amines) is 1. The maximum Gasteiger partial charge on any atom is 0.416 e. The number of ether oxygens (including phenoxy) is 1. The Kier molecular flexibility index (Phi) is 5.71. The van der Waals surface area contributed by atoms with Crippen LogP contribution in [0.3, 0.4) is 0 Å². The molecule has 1 saturated heterocycles. The molecule has 0 aromatic heterocycles. The average Bonchev–Trinajstić information content (AvgIpc) is 2.68. The maximum absolute atomic E-state index is 13.5. The normalized spacial score (nSPS) is 21.1. The van der Waals surface area contributed by atoms with Gasteiger partial charge in [0.25, 0.3) is 0 Å². The van der Waals surface area contributed by atoms with Gasteiger partial charge in [-0.1, -0.05) is 30.2 Å². The summed E-state index contributed by atoms with van der Waals surface area (Å²) >= 11 is 6.01. The van der Waals surface area contributed by atoms with E-state index in [1.807, 2.05) is 29.2 Å². The van der Waals surface area contributed by atoms with Crippen molar-refractivity contribution in [3.05, 3.63) is 64.7 Å². The van der Waals surface area contributed by atoms with E-state index in [0.717, 1.165) is 49.8 Å².